The molecule has 2 saturated heterocycles. The molecule has 2 fully saturated rings. The van der Waals surface area contributed by atoms with E-state index in [1.807, 2.05) is 32.2 Å². The van der Waals surface area contributed by atoms with E-state index in [4.69, 9.17) is 0 Å². The Bertz CT molecular complexity index is 1320. The van der Waals surface area contributed by atoms with Crippen LogP contribution in [0.1, 0.15) is 23.2 Å². The minimum atomic E-state index is -4.61. The van der Waals surface area contributed by atoms with Gasteiger partial charge in [-0.1, -0.05) is 12.1 Å². The average molecular weight is 575 g/mol. The molecule has 5 rings (SSSR count). The molecule has 222 valence electrons. The smallest absolute Gasteiger partial charge is 0.395 e. The summed E-state index contributed by atoms with van der Waals surface area (Å²) < 4.78 is 41.0. The summed E-state index contributed by atoms with van der Waals surface area (Å²) in [6.45, 7) is 7.69. The highest BCUT2D eigenvalue weighted by atomic mass is 19.4. The largest absolute Gasteiger partial charge is 0.416 e. The van der Waals surface area contributed by atoms with Crippen molar-refractivity contribution in [3.8, 4) is 0 Å². The highest BCUT2D eigenvalue weighted by Crippen LogP contribution is 2.41. The molecule has 0 spiro atoms. The van der Waals surface area contributed by atoms with Crippen molar-refractivity contribution in [3.63, 3.8) is 0 Å². The molecule has 0 unspecified atom stereocenters. The van der Waals surface area contributed by atoms with Gasteiger partial charge in [0.2, 0.25) is 11.8 Å². The average Bonchev–Trinajstić information content (AvgIpc) is 3.24. The van der Waals surface area contributed by atoms with Crippen LogP contribution in [-0.2, 0) is 15.8 Å². The van der Waals surface area contributed by atoms with Crippen LogP contribution in [0.5, 0.6) is 0 Å². The Labute approximate surface area is 238 Å². The maximum atomic E-state index is 14.0. The second kappa shape index (κ2) is 11.2. The maximum absolute atomic E-state index is 14.0. The van der Waals surface area contributed by atoms with Gasteiger partial charge in [-0.3, -0.25) is 24.3 Å². The maximum Gasteiger partial charge on any atom is 0.416 e. The van der Waals surface area contributed by atoms with Crippen LogP contribution in [0.15, 0.2) is 30.3 Å². The fraction of sp³-hybridized carbons (Fsp3) is 0.552. The SMILES string of the molecule is Cc1cc(C(F)(F)F)cc(N2C(=O)C[C@@H]3CN(CCN4CCN(C)[C@H](CO)C4)c4c(C)cccc4N(C)C(=O)[C@H]32)n1. The zero-order valence-corrected chi connectivity index (χ0v) is 23.9. The van der Waals surface area contributed by atoms with E-state index in [1.54, 1.807) is 7.05 Å². The van der Waals surface area contributed by atoms with Crippen molar-refractivity contribution in [2.45, 2.75) is 38.5 Å². The fourth-order valence-corrected chi connectivity index (χ4v) is 6.38. The van der Waals surface area contributed by atoms with E-state index < -0.39 is 29.6 Å². The summed E-state index contributed by atoms with van der Waals surface area (Å²) in [6, 6.07) is 6.59. The normalized spacial score (nSPS) is 24.4. The molecule has 0 bridgehead atoms. The number of hydrogen-bond acceptors (Lipinski definition) is 7. The summed E-state index contributed by atoms with van der Waals surface area (Å²) >= 11 is 0. The number of nitrogens with zero attached hydrogens (tertiary/aromatic N) is 6. The Morgan fingerprint density at radius 1 is 1.05 bits per heavy atom. The number of likely N-dealkylation sites (N-methyl/N-ethyl adjacent to an activating group) is 2. The van der Waals surface area contributed by atoms with Crippen LogP contribution in [0.25, 0.3) is 0 Å². The molecular formula is C29H37F3N6O3. The lowest BCUT2D eigenvalue weighted by Crippen LogP contribution is -2.55. The first-order valence-electron chi connectivity index (χ1n) is 13.9. The van der Waals surface area contributed by atoms with E-state index in [9.17, 15) is 27.9 Å². The molecule has 2 aromatic rings. The number of aryl methyl sites for hydroxylation is 2. The van der Waals surface area contributed by atoms with Gasteiger partial charge in [0.25, 0.3) is 0 Å². The summed E-state index contributed by atoms with van der Waals surface area (Å²) in [7, 11) is 3.66. The third-order valence-corrected chi connectivity index (χ3v) is 8.63. The second-order valence-corrected chi connectivity index (χ2v) is 11.4. The summed E-state index contributed by atoms with van der Waals surface area (Å²) in [6.07, 6.45) is -4.59. The topological polar surface area (TPSA) is 83.5 Å². The monoisotopic (exact) mass is 574 g/mol. The number of aromatic nitrogens is 1. The van der Waals surface area contributed by atoms with E-state index in [-0.39, 0.29) is 36.5 Å². The molecule has 0 saturated carbocycles. The number of carbonyl (C=O) groups excluding carboxylic acids is 2. The van der Waals surface area contributed by atoms with Crippen molar-refractivity contribution in [2.24, 2.45) is 5.92 Å². The minimum Gasteiger partial charge on any atom is -0.395 e. The molecule has 12 heteroatoms. The van der Waals surface area contributed by atoms with Gasteiger partial charge in [-0.15, -0.1) is 0 Å². The number of carbonyl (C=O) groups is 2. The van der Waals surface area contributed by atoms with E-state index >= 15 is 0 Å². The van der Waals surface area contributed by atoms with Crippen molar-refractivity contribution in [2.75, 3.05) is 74.7 Å². The van der Waals surface area contributed by atoms with E-state index in [2.05, 4.69) is 19.7 Å². The fourth-order valence-electron chi connectivity index (χ4n) is 6.38. The van der Waals surface area contributed by atoms with E-state index in [0.29, 0.717) is 18.8 Å². The second-order valence-electron chi connectivity index (χ2n) is 11.4. The third kappa shape index (κ3) is 5.64. The number of para-hydroxylation sites is 1. The van der Waals surface area contributed by atoms with Crippen LogP contribution in [-0.4, -0.2) is 104 Å². The number of amides is 2. The highest BCUT2D eigenvalue weighted by Gasteiger charge is 2.49. The van der Waals surface area contributed by atoms with Gasteiger partial charge in [0, 0.05) is 70.4 Å². The third-order valence-electron chi connectivity index (χ3n) is 8.63. The van der Waals surface area contributed by atoms with Crippen LogP contribution in [0.3, 0.4) is 0 Å². The van der Waals surface area contributed by atoms with Crippen molar-refractivity contribution >= 4 is 29.0 Å². The summed E-state index contributed by atoms with van der Waals surface area (Å²) in [5, 5.41) is 9.79. The quantitative estimate of drug-likeness (QED) is 0.588. The van der Waals surface area contributed by atoms with Gasteiger partial charge in [0.15, 0.2) is 0 Å². The lowest BCUT2D eigenvalue weighted by molar-refractivity contribution is -0.137. The molecule has 0 aliphatic carbocycles. The van der Waals surface area contributed by atoms with Crippen LogP contribution < -0.4 is 14.7 Å². The first-order valence-corrected chi connectivity index (χ1v) is 13.9. The van der Waals surface area contributed by atoms with Crippen molar-refractivity contribution in [1.82, 2.24) is 14.8 Å². The number of alkyl halides is 3. The number of fused-ring (bicyclic) bond motifs is 2. The Morgan fingerprint density at radius 3 is 2.51 bits per heavy atom. The van der Waals surface area contributed by atoms with Gasteiger partial charge < -0.3 is 14.9 Å². The van der Waals surface area contributed by atoms with Crippen LogP contribution in [0.4, 0.5) is 30.4 Å². The van der Waals surface area contributed by atoms with Gasteiger partial charge in [-0.2, -0.15) is 13.2 Å². The van der Waals surface area contributed by atoms with Gasteiger partial charge >= 0.3 is 6.18 Å². The first-order chi connectivity index (χ1) is 19.4. The Morgan fingerprint density at radius 2 is 1.80 bits per heavy atom. The van der Waals surface area contributed by atoms with Gasteiger partial charge in [0.05, 0.1) is 23.5 Å². The summed E-state index contributed by atoms with van der Waals surface area (Å²) in [5.41, 5.74) is 1.80. The zero-order chi connectivity index (χ0) is 29.6. The number of piperazine rings is 1. The Balaban J connectivity index is 1.50. The Hall–Kier alpha value is -3.22. The number of benzene rings is 1. The number of pyridine rings is 1. The predicted molar refractivity (Wildman–Crippen MR) is 150 cm³/mol. The van der Waals surface area contributed by atoms with Crippen LogP contribution >= 0.6 is 0 Å². The first kappa shape index (κ1) is 29.3. The minimum absolute atomic E-state index is 0.0278. The molecule has 9 nitrogen and oxygen atoms in total. The molecule has 2 amide bonds. The lowest BCUT2D eigenvalue weighted by atomic mass is 9.95. The predicted octanol–water partition coefficient (Wildman–Crippen LogP) is 2.53. The lowest BCUT2D eigenvalue weighted by Gasteiger charge is -2.42. The van der Waals surface area contributed by atoms with Crippen LogP contribution in [0, 0.1) is 19.8 Å². The molecule has 1 N–H and O–H groups in total. The summed E-state index contributed by atoms with van der Waals surface area (Å²) in [5.74, 6) is -1.37. The number of halogens is 3. The number of hydrogen-bond donors (Lipinski definition) is 1. The van der Waals surface area contributed by atoms with Crippen molar-refractivity contribution in [3.05, 3.63) is 47.2 Å². The number of rotatable bonds is 5. The molecule has 0 radical (unpaired) electrons. The summed E-state index contributed by atoms with van der Waals surface area (Å²) in [4.78, 5) is 41.1. The number of aliphatic hydroxyl groups is 1. The molecular weight excluding hydrogens is 537 g/mol. The number of anilines is 3. The molecule has 3 aliphatic heterocycles. The molecule has 1 aromatic carbocycles. The zero-order valence-electron chi connectivity index (χ0n) is 23.9. The molecule has 3 atom stereocenters. The van der Waals surface area contributed by atoms with Crippen molar-refractivity contribution in [1.29, 1.82) is 0 Å². The van der Waals surface area contributed by atoms with Crippen molar-refractivity contribution < 1.29 is 27.9 Å². The molecule has 3 aliphatic rings. The Kier molecular flexibility index (Phi) is 8.01. The van der Waals surface area contributed by atoms with Crippen LogP contribution in [0.2, 0.25) is 0 Å². The van der Waals surface area contributed by atoms with Gasteiger partial charge in [0.1, 0.15) is 11.9 Å². The molecule has 1 aromatic heterocycles. The van der Waals surface area contributed by atoms with E-state index in [1.165, 1.54) is 16.7 Å². The highest BCUT2D eigenvalue weighted by molar-refractivity contribution is 6.10. The molecule has 4 heterocycles. The molecule has 41 heavy (non-hydrogen) atoms. The van der Waals surface area contributed by atoms with Gasteiger partial charge in [-0.05, 0) is 44.7 Å². The van der Waals surface area contributed by atoms with Gasteiger partial charge in [-0.25, -0.2) is 4.98 Å². The standard InChI is InChI=1S/C29H37F3N6O3/c1-18-6-5-7-23-26(18)37(11-10-36-9-8-34(3)22(16-36)17-39)15-20-13-25(40)38(27(20)28(41)35(23)4)24-14-21(29(30,31)32)12-19(2)33-24/h5-7,12,14,20,22,27,39H,8-11,13,15-17H2,1-4H3/t20-,22+,27+/m1/s1. The number of aliphatic hydroxyl groups excluding tert-OH is 1. The van der Waals surface area contributed by atoms with E-state index in [0.717, 1.165) is 49.6 Å².